The van der Waals surface area contributed by atoms with Crippen molar-refractivity contribution in [3.05, 3.63) is 131 Å². The van der Waals surface area contributed by atoms with Gasteiger partial charge in [0.1, 0.15) is 12.6 Å². The molecule has 0 aliphatic heterocycles. The van der Waals surface area contributed by atoms with Crippen molar-refractivity contribution in [2.45, 2.75) is 37.8 Å². The molecule has 0 aliphatic carbocycles. The zero-order chi connectivity index (χ0) is 30.8. The number of halogens is 1. The Hall–Kier alpha value is -4.14. The Morgan fingerprint density at radius 3 is 1.98 bits per heavy atom. The van der Waals surface area contributed by atoms with Crippen LogP contribution in [0.3, 0.4) is 0 Å². The average Bonchev–Trinajstić information content (AvgIpc) is 3.01. The molecule has 9 heteroatoms. The number of anilines is 1. The first-order valence-corrected chi connectivity index (χ1v) is 16.0. The summed E-state index contributed by atoms with van der Waals surface area (Å²) in [6.07, 6.45) is 0.244. The van der Waals surface area contributed by atoms with E-state index in [9.17, 15) is 18.0 Å². The number of sulfonamides is 1. The summed E-state index contributed by atoms with van der Waals surface area (Å²) in [5.41, 5.74) is 1.92. The van der Waals surface area contributed by atoms with E-state index in [1.165, 1.54) is 17.0 Å². The molecule has 0 aromatic heterocycles. The van der Waals surface area contributed by atoms with Crippen molar-refractivity contribution in [1.29, 1.82) is 0 Å². The van der Waals surface area contributed by atoms with Crippen LogP contribution < -0.4 is 9.62 Å². The Labute approximate surface area is 259 Å². The van der Waals surface area contributed by atoms with Crippen molar-refractivity contribution in [2.75, 3.05) is 17.4 Å². The number of para-hydroxylation sites is 1. The van der Waals surface area contributed by atoms with Crippen LogP contribution in [0.2, 0.25) is 5.02 Å². The van der Waals surface area contributed by atoms with Crippen molar-refractivity contribution in [1.82, 2.24) is 10.2 Å². The van der Waals surface area contributed by atoms with E-state index >= 15 is 0 Å². The van der Waals surface area contributed by atoms with Gasteiger partial charge in [0, 0.05) is 24.5 Å². The maximum atomic E-state index is 14.4. The van der Waals surface area contributed by atoms with Crippen LogP contribution in [0.1, 0.15) is 25.0 Å². The summed E-state index contributed by atoms with van der Waals surface area (Å²) in [4.78, 5) is 29.7. The Morgan fingerprint density at radius 2 is 1.37 bits per heavy atom. The first-order chi connectivity index (χ1) is 20.6. The van der Waals surface area contributed by atoms with E-state index in [0.29, 0.717) is 22.8 Å². The minimum absolute atomic E-state index is 0.0556. The average molecular weight is 618 g/mol. The largest absolute Gasteiger partial charge is 0.354 e. The molecular formula is C34H36ClN3O4S. The molecule has 1 atom stereocenters. The topological polar surface area (TPSA) is 86.8 Å². The van der Waals surface area contributed by atoms with Crippen LogP contribution in [0.5, 0.6) is 0 Å². The monoisotopic (exact) mass is 617 g/mol. The van der Waals surface area contributed by atoms with Gasteiger partial charge in [-0.2, -0.15) is 0 Å². The number of nitrogens with zero attached hydrogens (tertiary/aromatic N) is 2. The molecule has 2 amide bonds. The number of amides is 2. The highest BCUT2D eigenvalue weighted by molar-refractivity contribution is 7.92. The van der Waals surface area contributed by atoms with Gasteiger partial charge in [0.15, 0.2) is 0 Å². The molecule has 43 heavy (non-hydrogen) atoms. The minimum atomic E-state index is -4.12. The van der Waals surface area contributed by atoms with Gasteiger partial charge >= 0.3 is 0 Å². The number of nitrogens with one attached hydrogen (secondary N) is 1. The van der Waals surface area contributed by atoms with E-state index in [1.54, 1.807) is 66.7 Å². The lowest BCUT2D eigenvalue weighted by Gasteiger charge is -2.34. The van der Waals surface area contributed by atoms with Crippen LogP contribution in [0, 0.1) is 5.92 Å². The molecule has 7 nitrogen and oxygen atoms in total. The zero-order valence-electron chi connectivity index (χ0n) is 24.3. The summed E-state index contributed by atoms with van der Waals surface area (Å²) >= 11 is 6.29. The Balaban J connectivity index is 1.77. The maximum absolute atomic E-state index is 14.4. The molecular weight excluding hydrogens is 582 g/mol. The van der Waals surface area contributed by atoms with E-state index < -0.39 is 28.5 Å². The van der Waals surface area contributed by atoms with Crippen molar-refractivity contribution in [3.8, 4) is 0 Å². The second kappa shape index (κ2) is 14.8. The zero-order valence-corrected chi connectivity index (χ0v) is 25.8. The Morgan fingerprint density at radius 1 is 0.791 bits per heavy atom. The molecule has 224 valence electrons. The van der Waals surface area contributed by atoms with Gasteiger partial charge in [0.05, 0.1) is 10.6 Å². The van der Waals surface area contributed by atoms with E-state index in [1.807, 2.05) is 50.2 Å². The highest BCUT2D eigenvalue weighted by Crippen LogP contribution is 2.25. The lowest BCUT2D eigenvalue weighted by molar-refractivity contribution is -0.140. The van der Waals surface area contributed by atoms with Crippen LogP contribution in [0.15, 0.2) is 120 Å². The quantitative estimate of drug-likeness (QED) is 0.201. The number of rotatable bonds is 13. The van der Waals surface area contributed by atoms with Crippen molar-refractivity contribution >= 4 is 39.1 Å². The number of hydrogen-bond donors (Lipinski definition) is 1. The van der Waals surface area contributed by atoms with E-state index in [0.717, 1.165) is 9.87 Å². The second-order valence-corrected chi connectivity index (χ2v) is 13.0. The molecule has 0 fully saturated rings. The normalized spacial score (nSPS) is 12.0. The fourth-order valence-electron chi connectivity index (χ4n) is 4.65. The fraction of sp³-hybridized carbons (Fsp3) is 0.235. The summed E-state index contributed by atoms with van der Waals surface area (Å²) in [5, 5.41) is 3.48. The highest BCUT2D eigenvalue weighted by atomic mass is 35.5. The number of benzene rings is 4. The molecule has 0 spiro atoms. The molecule has 0 saturated heterocycles. The van der Waals surface area contributed by atoms with Crippen LogP contribution in [-0.2, 0) is 32.6 Å². The van der Waals surface area contributed by atoms with Gasteiger partial charge in [0.25, 0.3) is 10.0 Å². The lowest BCUT2D eigenvalue weighted by atomic mass is 10.0. The van der Waals surface area contributed by atoms with E-state index in [2.05, 4.69) is 5.32 Å². The summed E-state index contributed by atoms with van der Waals surface area (Å²) in [6.45, 7) is 3.97. The molecule has 1 unspecified atom stereocenters. The van der Waals surface area contributed by atoms with Crippen LogP contribution >= 0.6 is 11.6 Å². The third kappa shape index (κ3) is 8.69. The number of hydrogen-bond acceptors (Lipinski definition) is 4. The molecule has 4 aromatic rings. The second-order valence-electron chi connectivity index (χ2n) is 10.7. The van der Waals surface area contributed by atoms with Gasteiger partial charge in [0.2, 0.25) is 11.8 Å². The SMILES string of the molecule is CC(C)CNC(=O)C(Cc1ccccc1)N(Cc1cccc(Cl)c1)C(=O)CN(c1ccccc1)S(=O)(=O)c1ccccc1. The first kappa shape index (κ1) is 31.8. The van der Waals surface area contributed by atoms with E-state index in [-0.39, 0.29) is 29.7 Å². The van der Waals surface area contributed by atoms with Crippen molar-refractivity contribution in [2.24, 2.45) is 5.92 Å². The molecule has 1 N–H and O–H groups in total. The predicted molar refractivity (Wildman–Crippen MR) is 171 cm³/mol. The maximum Gasteiger partial charge on any atom is 0.264 e. The van der Waals surface area contributed by atoms with Gasteiger partial charge in [-0.15, -0.1) is 0 Å². The summed E-state index contributed by atoms with van der Waals surface area (Å²) in [6, 6.07) is 32.1. The lowest BCUT2D eigenvalue weighted by Crippen LogP contribution is -2.53. The molecule has 4 aromatic carbocycles. The Kier molecular flexibility index (Phi) is 11.0. The van der Waals surface area contributed by atoms with Gasteiger partial charge in [-0.25, -0.2) is 8.42 Å². The van der Waals surface area contributed by atoms with Crippen LogP contribution in [0.25, 0.3) is 0 Å². The minimum Gasteiger partial charge on any atom is -0.354 e. The van der Waals surface area contributed by atoms with Gasteiger partial charge in [-0.05, 0) is 53.4 Å². The van der Waals surface area contributed by atoms with Gasteiger partial charge in [-0.3, -0.25) is 13.9 Å². The molecule has 0 radical (unpaired) electrons. The van der Waals surface area contributed by atoms with Crippen LogP contribution in [0.4, 0.5) is 5.69 Å². The fourth-order valence-corrected chi connectivity index (χ4v) is 6.30. The smallest absolute Gasteiger partial charge is 0.264 e. The summed E-state index contributed by atoms with van der Waals surface area (Å²) < 4.78 is 28.9. The van der Waals surface area contributed by atoms with E-state index in [4.69, 9.17) is 11.6 Å². The first-order valence-electron chi connectivity index (χ1n) is 14.1. The molecule has 0 heterocycles. The predicted octanol–water partition coefficient (Wildman–Crippen LogP) is 5.95. The Bertz CT molecular complexity index is 1600. The van der Waals surface area contributed by atoms with Crippen molar-refractivity contribution < 1.29 is 18.0 Å². The third-order valence-corrected chi connectivity index (χ3v) is 8.88. The molecule has 0 bridgehead atoms. The molecule has 0 saturated carbocycles. The number of carbonyl (C=O) groups is 2. The third-order valence-electron chi connectivity index (χ3n) is 6.85. The van der Waals surface area contributed by atoms with Crippen molar-refractivity contribution in [3.63, 3.8) is 0 Å². The molecule has 4 rings (SSSR count). The summed E-state index contributed by atoms with van der Waals surface area (Å²) in [5.74, 6) is -0.642. The van der Waals surface area contributed by atoms with Gasteiger partial charge < -0.3 is 10.2 Å². The number of carbonyl (C=O) groups excluding carboxylic acids is 2. The molecule has 0 aliphatic rings. The summed E-state index contributed by atoms with van der Waals surface area (Å²) in [7, 11) is -4.12. The standard InChI is InChI=1S/C34H36ClN3O4S/c1-26(2)23-36-34(40)32(22-27-13-6-3-7-14-27)37(24-28-15-12-16-29(35)21-28)33(39)25-38(30-17-8-4-9-18-30)43(41,42)31-19-10-5-11-20-31/h3-21,26,32H,22-25H2,1-2H3,(H,36,40). The highest BCUT2D eigenvalue weighted by Gasteiger charge is 2.34. The van der Waals surface area contributed by atoms with Gasteiger partial charge in [-0.1, -0.05) is 104 Å². The van der Waals surface area contributed by atoms with Crippen LogP contribution in [-0.4, -0.2) is 44.3 Å².